The lowest BCUT2D eigenvalue weighted by Gasteiger charge is -2.30. The summed E-state index contributed by atoms with van der Waals surface area (Å²) in [6.07, 6.45) is 4.55. The standard InChI is InChI=1S/C25H26N2O/c1-18-7-8-21-15-24-25(28)22(17-27(24)23(21)13-18)14-19-9-11-26(12-10-19)16-20-5-3-2-4-6-20/h2-8,13-15,19H,9-12,16-17H2,1H3. The number of aromatic nitrogens is 1. The molecular weight excluding hydrogens is 344 g/mol. The molecule has 1 saturated heterocycles. The lowest BCUT2D eigenvalue weighted by atomic mass is 9.93. The van der Waals surface area contributed by atoms with Crippen molar-refractivity contribution < 1.29 is 4.79 Å². The number of piperidine rings is 1. The normalized spacial score (nSPS) is 19.6. The number of hydrogen-bond acceptors (Lipinski definition) is 2. The van der Waals surface area contributed by atoms with Crippen LogP contribution in [0.1, 0.15) is 34.5 Å². The van der Waals surface area contributed by atoms with Crippen molar-refractivity contribution in [1.29, 1.82) is 0 Å². The molecule has 3 heteroatoms. The van der Waals surface area contributed by atoms with E-state index in [4.69, 9.17) is 0 Å². The first-order valence-electron chi connectivity index (χ1n) is 10.3. The summed E-state index contributed by atoms with van der Waals surface area (Å²) in [4.78, 5) is 15.5. The summed E-state index contributed by atoms with van der Waals surface area (Å²) in [7, 11) is 0. The molecule has 3 aromatic rings. The molecule has 0 aliphatic carbocycles. The Hall–Kier alpha value is -2.65. The maximum atomic E-state index is 12.9. The SMILES string of the molecule is Cc1ccc2cc3n(c2c1)CC(=CC1CCN(Cc2ccccc2)CC1)C3=O. The van der Waals surface area contributed by atoms with Crippen LogP contribution < -0.4 is 0 Å². The highest BCUT2D eigenvalue weighted by atomic mass is 16.1. The second-order valence-electron chi connectivity index (χ2n) is 8.30. The number of likely N-dealkylation sites (tertiary alicyclic amines) is 1. The van der Waals surface area contributed by atoms with Crippen LogP contribution in [0, 0.1) is 12.8 Å². The smallest absolute Gasteiger partial charge is 0.206 e. The summed E-state index contributed by atoms with van der Waals surface area (Å²) in [6, 6.07) is 19.2. The number of rotatable bonds is 3. The Bertz CT molecular complexity index is 1050. The van der Waals surface area contributed by atoms with Gasteiger partial charge in [0.15, 0.2) is 0 Å². The van der Waals surface area contributed by atoms with E-state index in [1.807, 2.05) is 0 Å². The third-order valence-corrected chi connectivity index (χ3v) is 6.23. The molecule has 1 fully saturated rings. The number of Topliss-reactive ketones (excluding diaryl/α,β-unsaturated/α-hetero) is 1. The van der Waals surface area contributed by atoms with E-state index in [9.17, 15) is 4.79 Å². The zero-order chi connectivity index (χ0) is 19.1. The second-order valence-corrected chi connectivity index (χ2v) is 8.30. The Kier molecular flexibility index (Phi) is 4.40. The van der Waals surface area contributed by atoms with E-state index < -0.39 is 0 Å². The highest BCUT2D eigenvalue weighted by Crippen LogP contribution is 2.31. The molecule has 0 N–H and O–H groups in total. The van der Waals surface area contributed by atoms with Gasteiger partial charge in [0, 0.05) is 23.0 Å². The van der Waals surface area contributed by atoms with Gasteiger partial charge in [-0.1, -0.05) is 48.5 Å². The van der Waals surface area contributed by atoms with E-state index in [-0.39, 0.29) is 5.78 Å². The maximum Gasteiger partial charge on any atom is 0.206 e. The van der Waals surface area contributed by atoms with Gasteiger partial charge in [0.2, 0.25) is 5.78 Å². The topological polar surface area (TPSA) is 25.2 Å². The van der Waals surface area contributed by atoms with Gasteiger partial charge in [0.05, 0.1) is 12.2 Å². The van der Waals surface area contributed by atoms with Gasteiger partial charge in [-0.15, -0.1) is 0 Å². The van der Waals surface area contributed by atoms with Crippen molar-refractivity contribution in [2.24, 2.45) is 5.92 Å². The Labute approximate surface area is 166 Å². The van der Waals surface area contributed by atoms with Crippen LogP contribution in [0.5, 0.6) is 0 Å². The molecule has 2 aromatic carbocycles. The number of fused-ring (bicyclic) bond motifs is 3. The number of ketones is 1. The first kappa shape index (κ1) is 17.4. The van der Waals surface area contributed by atoms with Crippen molar-refractivity contribution in [1.82, 2.24) is 9.47 Å². The number of aryl methyl sites for hydroxylation is 1. The maximum absolute atomic E-state index is 12.9. The summed E-state index contributed by atoms with van der Waals surface area (Å²) in [5, 5.41) is 1.17. The minimum Gasteiger partial charge on any atom is -0.333 e. The first-order valence-corrected chi connectivity index (χ1v) is 10.3. The fraction of sp³-hybridized carbons (Fsp3) is 0.320. The van der Waals surface area contributed by atoms with Crippen LogP contribution in [0.2, 0.25) is 0 Å². The van der Waals surface area contributed by atoms with Gasteiger partial charge in [-0.25, -0.2) is 0 Å². The molecule has 0 radical (unpaired) electrons. The zero-order valence-corrected chi connectivity index (χ0v) is 16.4. The van der Waals surface area contributed by atoms with Crippen molar-refractivity contribution in [2.75, 3.05) is 13.1 Å². The van der Waals surface area contributed by atoms with Crippen LogP contribution in [-0.2, 0) is 13.1 Å². The fourth-order valence-electron chi connectivity index (χ4n) is 4.66. The highest BCUT2D eigenvalue weighted by molar-refractivity contribution is 6.12. The molecule has 0 spiro atoms. The summed E-state index contributed by atoms with van der Waals surface area (Å²) < 4.78 is 2.20. The zero-order valence-electron chi connectivity index (χ0n) is 16.4. The number of carbonyl (C=O) groups excluding carboxylic acids is 1. The molecule has 2 aliphatic rings. The monoisotopic (exact) mass is 370 g/mol. The number of allylic oxidation sites excluding steroid dienone is 2. The molecule has 0 amide bonds. The average molecular weight is 370 g/mol. The molecular formula is C25H26N2O. The molecule has 3 nitrogen and oxygen atoms in total. The van der Waals surface area contributed by atoms with E-state index in [0.717, 1.165) is 50.3 Å². The number of nitrogens with zero attached hydrogens (tertiary/aromatic N) is 2. The van der Waals surface area contributed by atoms with E-state index in [0.29, 0.717) is 5.92 Å². The molecule has 5 rings (SSSR count). The molecule has 1 aromatic heterocycles. The summed E-state index contributed by atoms with van der Waals surface area (Å²) in [6.45, 7) is 6.07. The van der Waals surface area contributed by atoms with Crippen molar-refractivity contribution in [3.63, 3.8) is 0 Å². The Morgan fingerprint density at radius 2 is 1.82 bits per heavy atom. The Morgan fingerprint density at radius 1 is 1.04 bits per heavy atom. The van der Waals surface area contributed by atoms with Gasteiger partial charge in [0.1, 0.15) is 0 Å². The van der Waals surface area contributed by atoms with Crippen molar-refractivity contribution in [3.8, 4) is 0 Å². The Balaban J connectivity index is 1.27. The molecule has 3 heterocycles. The highest BCUT2D eigenvalue weighted by Gasteiger charge is 2.28. The lowest BCUT2D eigenvalue weighted by Crippen LogP contribution is -2.32. The van der Waals surface area contributed by atoms with Crippen LogP contribution in [0.4, 0.5) is 0 Å². The number of hydrogen-bond donors (Lipinski definition) is 0. The van der Waals surface area contributed by atoms with Crippen LogP contribution in [0.3, 0.4) is 0 Å². The molecule has 0 unspecified atom stereocenters. The van der Waals surface area contributed by atoms with Crippen LogP contribution in [0.25, 0.3) is 10.9 Å². The van der Waals surface area contributed by atoms with Gasteiger partial charge in [-0.2, -0.15) is 0 Å². The van der Waals surface area contributed by atoms with Crippen LogP contribution in [0.15, 0.2) is 66.2 Å². The van der Waals surface area contributed by atoms with Gasteiger partial charge in [-0.3, -0.25) is 9.69 Å². The predicted molar refractivity (Wildman–Crippen MR) is 114 cm³/mol. The lowest BCUT2D eigenvalue weighted by molar-refractivity contribution is 0.103. The summed E-state index contributed by atoms with van der Waals surface area (Å²) >= 11 is 0. The van der Waals surface area contributed by atoms with Crippen molar-refractivity contribution in [3.05, 3.63) is 83.1 Å². The third kappa shape index (κ3) is 3.20. The quantitative estimate of drug-likeness (QED) is 0.607. The first-order chi connectivity index (χ1) is 13.7. The number of carbonyl (C=O) groups is 1. The molecule has 28 heavy (non-hydrogen) atoms. The van der Waals surface area contributed by atoms with Crippen LogP contribution >= 0.6 is 0 Å². The molecule has 0 atom stereocenters. The average Bonchev–Trinajstić information content (AvgIpc) is 3.21. The Morgan fingerprint density at radius 3 is 2.61 bits per heavy atom. The minimum absolute atomic E-state index is 0.223. The molecule has 142 valence electrons. The molecule has 2 aliphatic heterocycles. The van der Waals surface area contributed by atoms with E-state index >= 15 is 0 Å². The van der Waals surface area contributed by atoms with Crippen LogP contribution in [-0.4, -0.2) is 28.3 Å². The fourth-order valence-corrected chi connectivity index (χ4v) is 4.66. The van der Waals surface area contributed by atoms with Gasteiger partial charge < -0.3 is 4.57 Å². The van der Waals surface area contributed by atoms with Crippen molar-refractivity contribution in [2.45, 2.75) is 32.9 Å². The third-order valence-electron chi connectivity index (χ3n) is 6.23. The second kappa shape index (κ2) is 7.06. The number of benzene rings is 2. The van der Waals surface area contributed by atoms with Gasteiger partial charge >= 0.3 is 0 Å². The molecule has 0 bridgehead atoms. The minimum atomic E-state index is 0.223. The largest absolute Gasteiger partial charge is 0.333 e. The van der Waals surface area contributed by atoms with E-state index in [1.165, 1.54) is 22.0 Å². The predicted octanol–water partition coefficient (Wildman–Crippen LogP) is 4.98. The van der Waals surface area contributed by atoms with E-state index in [2.05, 4.69) is 77.1 Å². The van der Waals surface area contributed by atoms with Crippen molar-refractivity contribution >= 4 is 16.7 Å². The van der Waals surface area contributed by atoms with E-state index in [1.54, 1.807) is 0 Å². The summed E-state index contributed by atoms with van der Waals surface area (Å²) in [5.74, 6) is 0.740. The van der Waals surface area contributed by atoms with Gasteiger partial charge in [-0.05, 0) is 62.0 Å². The summed E-state index contributed by atoms with van der Waals surface area (Å²) in [5.41, 5.74) is 5.65. The molecule has 0 saturated carbocycles. The van der Waals surface area contributed by atoms with Gasteiger partial charge in [0.25, 0.3) is 0 Å².